The van der Waals surface area contributed by atoms with Gasteiger partial charge in [-0.1, -0.05) is 52.9 Å². The predicted molar refractivity (Wildman–Crippen MR) is 99.2 cm³/mol. The summed E-state index contributed by atoms with van der Waals surface area (Å²) >= 11 is 8.52. The van der Waals surface area contributed by atoms with Crippen LogP contribution in [0.4, 0.5) is 5.13 Å². The first-order valence-electron chi connectivity index (χ1n) is 7.14. The number of H-pyrrole nitrogens is 1. The third-order valence-electron chi connectivity index (χ3n) is 3.06. The van der Waals surface area contributed by atoms with Crippen LogP contribution in [0.5, 0.6) is 0 Å². The molecule has 0 saturated carbocycles. The number of aromatic amines is 1. The summed E-state index contributed by atoms with van der Waals surface area (Å²) in [5.41, 5.74) is 0.495. The van der Waals surface area contributed by atoms with Gasteiger partial charge in [0.15, 0.2) is 10.2 Å². The maximum atomic E-state index is 12.3. The molecule has 1 unspecified atom stereocenters. The number of hydrogen-bond acceptors (Lipinski definition) is 7. The number of thioether (sulfide) groups is 1. The average molecular weight is 394 g/mol. The smallest absolute Gasteiger partial charge is 0.251 e. The van der Waals surface area contributed by atoms with E-state index in [1.165, 1.54) is 23.6 Å². The first kappa shape index (κ1) is 17.6. The zero-order valence-corrected chi connectivity index (χ0v) is 15.3. The molecule has 2 N–H and O–H groups in total. The summed E-state index contributed by atoms with van der Waals surface area (Å²) in [6.07, 6.45) is 1.40. The molecule has 0 fully saturated rings. The van der Waals surface area contributed by atoms with E-state index in [0.29, 0.717) is 20.3 Å². The highest BCUT2D eigenvalue weighted by atomic mass is 35.5. The quantitative estimate of drug-likeness (QED) is 0.510. The number of nitrogens with one attached hydrogen (secondary N) is 2. The Balaban J connectivity index is 1.67. The van der Waals surface area contributed by atoms with E-state index in [1.54, 1.807) is 13.0 Å². The third-order valence-corrected chi connectivity index (χ3v) is 5.26. The number of carbonyl (C=O) groups is 1. The van der Waals surface area contributed by atoms with Gasteiger partial charge in [-0.15, -0.1) is 10.2 Å². The third kappa shape index (κ3) is 4.44. The van der Waals surface area contributed by atoms with Gasteiger partial charge in [-0.3, -0.25) is 14.9 Å². The van der Waals surface area contributed by atoms with Gasteiger partial charge >= 0.3 is 0 Å². The highest BCUT2D eigenvalue weighted by molar-refractivity contribution is 8.00. The van der Waals surface area contributed by atoms with E-state index in [-0.39, 0.29) is 11.5 Å². The Kier molecular flexibility index (Phi) is 5.47. The van der Waals surface area contributed by atoms with E-state index in [2.05, 4.69) is 25.5 Å². The molecule has 2 aromatic heterocycles. The van der Waals surface area contributed by atoms with Crippen molar-refractivity contribution >= 4 is 45.7 Å². The topological polar surface area (TPSA) is 101 Å². The molecular weight excluding hydrogens is 382 g/mol. The fourth-order valence-electron chi connectivity index (χ4n) is 1.86. The van der Waals surface area contributed by atoms with Crippen LogP contribution in [0.1, 0.15) is 6.92 Å². The van der Waals surface area contributed by atoms with Crippen LogP contribution in [0.15, 0.2) is 46.5 Å². The lowest BCUT2D eigenvalue weighted by molar-refractivity contribution is -0.115. The van der Waals surface area contributed by atoms with Gasteiger partial charge in [-0.25, -0.2) is 4.98 Å². The first-order chi connectivity index (χ1) is 12.0. The Morgan fingerprint density at radius 1 is 1.32 bits per heavy atom. The molecule has 0 aliphatic rings. The number of nitrogens with zero attached hydrogens (tertiary/aromatic N) is 3. The number of anilines is 1. The summed E-state index contributed by atoms with van der Waals surface area (Å²) < 4.78 is 0. The Morgan fingerprint density at radius 3 is 2.88 bits per heavy atom. The Morgan fingerprint density at radius 2 is 2.12 bits per heavy atom. The van der Waals surface area contributed by atoms with E-state index < -0.39 is 5.25 Å². The Hall–Kier alpha value is -2.23. The molecule has 0 saturated heterocycles. The maximum Gasteiger partial charge on any atom is 0.251 e. The number of aromatic nitrogens is 4. The van der Waals surface area contributed by atoms with Crippen molar-refractivity contribution in [3.63, 3.8) is 0 Å². The van der Waals surface area contributed by atoms with Gasteiger partial charge < -0.3 is 4.98 Å². The van der Waals surface area contributed by atoms with Gasteiger partial charge in [0.1, 0.15) is 0 Å². The summed E-state index contributed by atoms with van der Waals surface area (Å²) in [5, 5.41) is 12.2. The summed E-state index contributed by atoms with van der Waals surface area (Å²) in [5.74, 6) is -0.265. The van der Waals surface area contributed by atoms with Crippen molar-refractivity contribution in [1.82, 2.24) is 20.2 Å². The minimum absolute atomic E-state index is 0.265. The summed E-state index contributed by atoms with van der Waals surface area (Å²) in [7, 11) is 0. The average Bonchev–Trinajstić information content (AvgIpc) is 3.03. The number of benzene rings is 1. The molecule has 0 aliphatic carbocycles. The molecule has 25 heavy (non-hydrogen) atoms. The molecule has 0 bridgehead atoms. The minimum Gasteiger partial charge on any atom is -0.301 e. The number of halogens is 1. The molecule has 2 heterocycles. The molecule has 1 aromatic carbocycles. The lowest BCUT2D eigenvalue weighted by Crippen LogP contribution is -2.23. The van der Waals surface area contributed by atoms with Crippen molar-refractivity contribution < 1.29 is 4.79 Å². The molecule has 10 heteroatoms. The van der Waals surface area contributed by atoms with E-state index in [1.807, 2.05) is 18.2 Å². The Bertz CT molecular complexity index is 959. The second kappa shape index (κ2) is 7.77. The molecular formula is C15H12ClN5O2S2. The van der Waals surface area contributed by atoms with Crippen LogP contribution in [0.3, 0.4) is 0 Å². The van der Waals surface area contributed by atoms with Crippen LogP contribution in [0.25, 0.3) is 10.6 Å². The molecule has 0 spiro atoms. The lowest BCUT2D eigenvalue weighted by atomic mass is 10.2. The summed E-state index contributed by atoms with van der Waals surface area (Å²) in [6.45, 7) is 1.71. The Labute approximate surface area is 155 Å². The van der Waals surface area contributed by atoms with E-state index in [4.69, 9.17) is 11.6 Å². The van der Waals surface area contributed by atoms with Gasteiger partial charge in [0.2, 0.25) is 11.0 Å². The van der Waals surface area contributed by atoms with Crippen molar-refractivity contribution in [1.29, 1.82) is 0 Å². The highest BCUT2D eigenvalue weighted by Crippen LogP contribution is 2.31. The van der Waals surface area contributed by atoms with Crippen molar-refractivity contribution in [3.05, 3.63) is 51.9 Å². The van der Waals surface area contributed by atoms with Gasteiger partial charge in [0.05, 0.1) is 10.3 Å². The molecule has 3 aromatic rings. The standard InChI is InChI=1S/C15H12ClN5O2S2/c1-8(24-14-17-7-6-11(22)18-14)12(23)19-15-21-20-13(25-15)9-4-2-3-5-10(9)16/h2-8H,1H3,(H,17,18,22)(H,19,21,23). The minimum atomic E-state index is -0.474. The predicted octanol–water partition coefficient (Wildman–Crippen LogP) is 3.06. The van der Waals surface area contributed by atoms with Crippen molar-refractivity contribution in [3.8, 4) is 10.6 Å². The first-order valence-corrected chi connectivity index (χ1v) is 9.21. The molecule has 3 rings (SSSR count). The van der Waals surface area contributed by atoms with Crippen LogP contribution in [0, 0.1) is 0 Å². The van der Waals surface area contributed by atoms with Crippen LogP contribution in [-0.4, -0.2) is 31.3 Å². The normalized spacial score (nSPS) is 11.9. The van der Waals surface area contributed by atoms with Gasteiger partial charge in [-0.2, -0.15) is 0 Å². The molecule has 7 nitrogen and oxygen atoms in total. The van der Waals surface area contributed by atoms with E-state index in [9.17, 15) is 9.59 Å². The molecule has 0 radical (unpaired) electrons. The zero-order valence-electron chi connectivity index (χ0n) is 12.9. The van der Waals surface area contributed by atoms with Crippen LogP contribution in [-0.2, 0) is 4.79 Å². The SMILES string of the molecule is CC(Sc1nccc(=O)[nH]1)C(=O)Nc1nnc(-c2ccccc2Cl)s1. The van der Waals surface area contributed by atoms with Gasteiger partial charge in [0, 0.05) is 17.8 Å². The second-order valence-corrected chi connectivity index (χ2v) is 7.60. The maximum absolute atomic E-state index is 12.3. The van der Waals surface area contributed by atoms with Crippen LogP contribution < -0.4 is 10.9 Å². The van der Waals surface area contributed by atoms with Crippen LogP contribution >= 0.6 is 34.7 Å². The molecule has 128 valence electrons. The largest absolute Gasteiger partial charge is 0.301 e. The number of rotatable bonds is 5. The number of hydrogen-bond donors (Lipinski definition) is 2. The van der Waals surface area contributed by atoms with Gasteiger partial charge in [0.25, 0.3) is 5.56 Å². The second-order valence-electron chi connectivity index (χ2n) is 4.88. The lowest BCUT2D eigenvalue weighted by Gasteiger charge is -2.08. The molecule has 1 amide bonds. The van der Waals surface area contributed by atoms with Crippen molar-refractivity contribution in [2.24, 2.45) is 0 Å². The number of carbonyl (C=O) groups excluding carboxylic acids is 1. The number of amides is 1. The van der Waals surface area contributed by atoms with Crippen molar-refractivity contribution in [2.75, 3.05) is 5.32 Å². The molecule has 1 atom stereocenters. The zero-order chi connectivity index (χ0) is 17.8. The highest BCUT2D eigenvalue weighted by Gasteiger charge is 2.18. The fourth-order valence-corrected chi connectivity index (χ4v) is 3.71. The van der Waals surface area contributed by atoms with E-state index in [0.717, 1.165) is 17.3 Å². The summed E-state index contributed by atoms with van der Waals surface area (Å²) in [6, 6.07) is 8.60. The molecule has 0 aliphatic heterocycles. The monoisotopic (exact) mass is 393 g/mol. The van der Waals surface area contributed by atoms with Crippen LogP contribution in [0.2, 0.25) is 5.02 Å². The fraction of sp³-hybridized carbons (Fsp3) is 0.133. The van der Waals surface area contributed by atoms with E-state index >= 15 is 0 Å². The summed E-state index contributed by atoms with van der Waals surface area (Å²) in [4.78, 5) is 30.1. The van der Waals surface area contributed by atoms with Gasteiger partial charge in [-0.05, 0) is 13.0 Å². The van der Waals surface area contributed by atoms with Crippen molar-refractivity contribution in [2.45, 2.75) is 17.3 Å².